The molecule has 48 heavy (non-hydrogen) atoms. The van der Waals surface area contributed by atoms with Gasteiger partial charge in [-0.05, 0) is 55.9 Å². The van der Waals surface area contributed by atoms with Crippen molar-refractivity contribution in [3.05, 3.63) is 66.2 Å². The summed E-state index contributed by atoms with van der Waals surface area (Å²) >= 11 is 0. The van der Waals surface area contributed by atoms with Gasteiger partial charge in [0.25, 0.3) is 0 Å². The standard InChI is InChI=1S/C36H49N5O7/c1-22(2)48-36(47)32(43)30(16-24-10-5-4-6-11-24)40-35(46)31(18-27-19-37-21-38-27)41-34(45)29(33(44)39-23(3)20-42)17-26-14-9-13-25-12-7-8-15-28(25)26/h7-9,12-15,19,21-24,29-32,42-43H,4-6,10-11,16-18,20H2,1-3H3,(H,37,38)(H,39,44)(H,40,46)(H,41,45)/t23-,29?,30-,31-,32?/m0/s1. The van der Waals surface area contributed by atoms with Crippen LogP contribution in [0.15, 0.2) is 55.0 Å². The molecule has 260 valence electrons. The van der Waals surface area contributed by atoms with Crippen molar-refractivity contribution in [1.29, 1.82) is 0 Å². The number of fused-ring (bicyclic) bond motifs is 1. The third-order valence-corrected chi connectivity index (χ3v) is 8.81. The summed E-state index contributed by atoms with van der Waals surface area (Å²) in [4.78, 5) is 61.4. The molecule has 2 aromatic carbocycles. The Kier molecular flexibility index (Phi) is 13.5. The number of carbonyl (C=O) groups is 4. The van der Waals surface area contributed by atoms with Crippen molar-refractivity contribution in [2.24, 2.45) is 11.8 Å². The number of hydrogen-bond donors (Lipinski definition) is 6. The number of nitrogens with one attached hydrogen (secondary N) is 4. The Balaban J connectivity index is 1.61. The fraction of sp³-hybridized carbons (Fsp3) is 0.528. The van der Waals surface area contributed by atoms with Crippen LogP contribution < -0.4 is 16.0 Å². The molecule has 3 aromatic rings. The molecule has 3 amide bonds. The van der Waals surface area contributed by atoms with Gasteiger partial charge in [0, 0.05) is 18.7 Å². The molecule has 2 unspecified atom stereocenters. The van der Waals surface area contributed by atoms with Gasteiger partial charge in [-0.15, -0.1) is 0 Å². The van der Waals surface area contributed by atoms with E-state index in [0.29, 0.717) is 12.1 Å². The number of esters is 1. The number of nitrogens with zero attached hydrogens (tertiary/aromatic N) is 1. The summed E-state index contributed by atoms with van der Waals surface area (Å²) in [7, 11) is 0. The summed E-state index contributed by atoms with van der Waals surface area (Å²) in [6.45, 7) is 4.67. The summed E-state index contributed by atoms with van der Waals surface area (Å²) in [6.07, 6.45) is 6.41. The van der Waals surface area contributed by atoms with Gasteiger partial charge in [-0.3, -0.25) is 14.4 Å². The molecule has 4 rings (SSSR count). The van der Waals surface area contributed by atoms with Crippen LogP contribution in [0.25, 0.3) is 10.8 Å². The smallest absolute Gasteiger partial charge is 0.337 e. The average molecular weight is 664 g/mol. The number of ether oxygens (including phenoxy) is 1. The van der Waals surface area contributed by atoms with Crippen molar-refractivity contribution < 1.29 is 34.1 Å². The van der Waals surface area contributed by atoms with Crippen LogP contribution in [0.3, 0.4) is 0 Å². The van der Waals surface area contributed by atoms with E-state index in [-0.39, 0.29) is 25.4 Å². The van der Waals surface area contributed by atoms with Gasteiger partial charge in [0.2, 0.25) is 17.7 Å². The number of hydrogen-bond acceptors (Lipinski definition) is 8. The highest BCUT2D eigenvalue weighted by molar-refractivity contribution is 6.02. The number of H-pyrrole nitrogens is 1. The van der Waals surface area contributed by atoms with Crippen molar-refractivity contribution in [3.63, 3.8) is 0 Å². The average Bonchev–Trinajstić information content (AvgIpc) is 3.59. The SMILES string of the molecule is CC(C)OC(=O)C(O)[C@H](CC1CCCCC1)NC(=O)[C@H](Cc1c[nH]cn1)NC(=O)C(Cc1cccc2ccccc12)C(=O)N[C@@H](C)CO. The Labute approximate surface area is 281 Å². The van der Waals surface area contributed by atoms with Crippen LogP contribution in [-0.2, 0) is 36.8 Å². The number of imidazole rings is 1. The third-order valence-electron chi connectivity index (χ3n) is 8.81. The van der Waals surface area contributed by atoms with Gasteiger partial charge < -0.3 is 35.9 Å². The molecule has 1 aliphatic rings. The fourth-order valence-electron chi connectivity index (χ4n) is 6.28. The molecule has 0 saturated heterocycles. The highest BCUT2D eigenvalue weighted by Crippen LogP contribution is 2.28. The molecule has 12 heteroatoms. The van der Waals surface area contributed by atoms with Crippen molar-refractivity contribution in [2.45, 2.75) is 102 Å². The third kappa shape index (κ3) is 10.4. The largest absolute Gasteiger partial charge is 0.461 e. The van der Waals surface area contributed by atoms with E-state index in [2.05, 4.69) is 25.9 Å². The summed E-state index contributed by atoms with van der Waals surface area (Å²) < 4.78 is 5.27. The van der Waals surface area contributed by atoms with Crippen molar-refractivity contribution in [1.82, 2.24) is 25.9 Å². The monoisotopic (exact) mass is 663 g/mol. The molecule has 0 spiro atoms. The van der Waals surface area contributed by atoms with E-state index < -0.39 is 59.9 Å². The molecule has 0 aliphatic heterocycles. The predicted molar refractivity (Wildman–Crippen MR) is 180 cm³/mol. The maximum atomic E-state index is 14.0. The number of rotatable bonds is 16. The first-order valence-corrected chi connectivity index (χ1v) is 16.9. The highest BCUT2D eigenvalue weighted by atomic mass is 16.6. The number of benzene rings is 2. The number of aliphatic hydroxyl groups is 2. The van der Waals surface area contributed by atoms with Crippen LogP contribution in [0, 0.1) is 11.8 Å². The van der Waals surface area contributed by atoms with Gasteiger partial charge in [-0.25, -0.2) is 9.78 Å². The molecule has 1 fully saturated rings. The minimum atomic E-state index is -1.61. The van der Waals surface area contributed by atoms with Crippen LogP contribution in [0.2, 0.25) is 0 Å². The van der Waals surface area contributed by atoms with E-state index in [1.54, 1.807) is 27.0 Å². The van der Waals surface area contributed by atoms with Crippen LogP contribution in [0.1, 0.15) is 70.6 Å². The Bertz CT molecular complexity index is 1500. The second kappa shape index (κ2) is 17.7. The fourth-order valence-corrected chi connectivity index (χ4v) is 6.28. The lowest BCUT2D eigenvalue weighted by Gasteiger charge is -2.31. The molecule has 1 heterocycles. The quantitative estimate of drug-likeness (QED) is 0.0999. The Morgan fingerprint density at radius 2 is 1.62 bits per heavy atom. The minimum absolute atomic E-state index is 0.0145. The maximum Gasteiger partial charge on any atom is 0.337 e. The van der Waals surface area contributed by atoms with Crippen LogP contribution in [0.5, 0.6) is 0 Å². The lowest BCUT2D eigenvalue weighted by Crippen LogP contribution is -2.57. The first kappa shape index (κ1) is 36.5. The normalized spacial score (nSPS) is 16.8. The summed E-state index contributed by atoms with van der Waals surface area (Å²) in [6, 6.07) is 10.6. The zero-order valence-electron chi connectivity index (χ0n) is 28.0. The van der Waals surface area contributed by atoms with Gasteiger partial charge in [0.15, 0.2) is 6.10 Å². The number of aliphatic hydroxyl groups excluding tert-OH is 2. The Morgan fingerprint density at radius 3 is 2.31 bits per heavy atom. The zero-order valence-corrected chi connectivity index (χ0v) is 28.0. The van der Waals surface area contributed by atoms with Crippen molar-refractivity contribution in [3.8, 4) is 0 Å². The molecule has 1 saturated carbocycles. The Morgan fingerprint density at radius 1 is 0.917 bits per heavy atom. The molecule has 12 nitrogen and oxygen atoms in total. The van der Waals surface area contributed by atoms with E-state index in [4.69, 9.17) is 4.74 Å². The molecule has 5 atom stereocenters. The lowest BCUT2D eigenvalue weighted by molar-refractivity contribution is -0.159. The van der Waals surface area contributed by atoms with E-state index in [1.165, 1.54) is 6.33 Å². The molecule has 1 aliphatic carbocycles. The van der Waals surface area contributed by atoms with E-state index in [1.807, 2.05) is 42.5 Å². The summed E-state index contributed by atoms with van der Waals surface area (Å²) in [5.41, 5.74) is 1.26. The minimum Gasteiger partial charge on any atom is -0.461 e. The molecule has 1 aromatic heterocycles. The summed E-state index contributed by atoms with van der Waals surface area (Å²) in [5, 5.41) is 30.8. The Hall–Kier alpha value is -4.29. The highest BCUT2D eigenvalue weighted by Gasteiger charge is 2.36. The van der Waals surface area contributed by atoms with E-state index >= 15 is 0 Å². The van der Waals surface area contributed by atoms with Crippen LogP contribution >= 0.6 is 0 Å². The second-order valence-electron chi connectivity index (χ2n) is 13.1. The zero-order chi connectivity index (χ0) is 34.6. The van der Waals surface area contributed by atoms with Gasteiger partial charge in [0.05, 0.1) is 30.8 Å². The van der Waals surface area contributed by atoms with Crippen molar-refractivity contribution in [2.75, 3.05) is 6.61 Å². The molecule has 0 radical (unpaired) electrons. The first-order chi connectivity index (χ1) is 23.0. The molecular formula is C36H49N5O7. The van der Waals surface area contributed by atoms with Crippen LogP contribution in [0.4, 0.5) is 0 Å². The lowest BCUT2D eigenvalue weighted by atomic mass is 9.83. The predicted octanol–water partition coefficient (Wildman–Crippen LogP) is 2.71. The maximum absolute atomic E-state index is 14.0. The van der Waals surface area contributed by atoms with Gasteiger partial charge in [0.1, 0.15) is 12.0 Å². The molecule has 6 N–H and O–H groups in total. The number of amides is 3. The number of aromatic nitrogens is 2. The van der Waals surface area contributed by atoms with Gasteiger partial charge in [-0.2, -0.15) is 0 Å². The van der Waals surface area contributed by atoms with E-state index in [0.717, 1.165) is 48.4 Å². The number of aromatic amines is 1. The van der Waals surface area contributed by atoms with Crippen molar-refractivity contribution >= 4 is 34.5 Å². The summed E-state index contributed by atoms with van der Waals surface area (Å²) in [5.74, 6) is -3.79. The molecular weight excluding hydrogens is 614 g/mol. The second-order valence-corrected chi connectivity index (χ2v) is 13.1. The topological polar surface area (TPSA) is 183 Å². The first-order valence-electron chi connectivity index (χ1n) is 16.9. The van der Waals surface area contributed by atoms with Crippen LogP contribution in [-0.4, -0.2) is 80.8 Å². The molecule has 0 bridgehead atoms. The van der Waals surface area contributed by atoms with Gasteiger partial charge in [-0.1, -0.05) is 74.6 Å². The van der Waals surface area contributed by atoms with Gasteiger partial charge >= 0.3 is 5.97 Å². The number of carbonyl (C=O) groups excluding carboxylic acids is 4. The van der Waals surface area contributed by atoms with E-state index in [9.17, 15) is 29.4 Å².